The summed E-state index contributed by atoms with van der Waals surface area (Å²) in [5.41, 5.74) is 6.46. The van der Waals surface area contributed by atoms with E-state index < -0.39 is 0 Å². The maximum atomic E-state index is 5.52. The molecular formula is C13H29N3S. The first-order chi connectivity index (χ1) is 8.10. The van der Waals surface area contributed by atoms with Crippen molar-refractivity contribution >= 4 is 18.5 Å². The Morgan fingerprint density at radius 2 is 2.06 bits per heavy atom. The number of amidine groups is 1. The lowest BCUT2D eigenvalue weighted by molar-refractivity contribution is 0.512. The number of allylic oxidation sites excluding steroid dienone is 1. The van der Waals surface area contributed by atoms with Crippen molar-refractivity contribution in [3.8, 4) is 0 Å². The maximum absolute atomic E-state index is 5.52. The van der Waals surface area contributed by atoms with E-state index >= 15 is 0 Å². The van der Waals surface area contributed by atoms with E-state index in [4.69, 9.17) is 5.73 Å². The van der Waals surface area contributed by atoms with Crippen LogP contribution in [0.15, 0.2) is 16.1 Å². The molecule has 0 aromatic heterocycles. The fraction of sp³-hybridized carbons (Fsp3) is 0.769. The Labute approximate surface area is 112 Å². The van der Waals surface area contributed by atoms with Gasteiger partial charge in [-0.15, -0.1) is 12.6 Å². The molecule has 1 atom stereocenters. The van der Waals surface area contributed by atoms with Crippen molar-refractivity contribution in [1.82, 2.24) is 5.32 Å². The van der Waals surface area contributed by atoms with Crippen LogP contribution in [0.3, 0.4) is 0 Å². The third-order valence-electron chi connectivity index (χ3n) is 2.05. The molecule has 0 aliphatic rings. The fourth-order valence-corrected chi connectivity index (χ4v) is 1.42. The maximum Gasteiger partial charge on any atom is 0.0961 e. The van der Waals surface area contributed by atoms with Crippen LogP contribution in [-0.2, 0) is 0 Å². The topological polar surface area (TPSA) is 50.4 Å². The van der Waals surface area contributed by atoms with E-state index in [0.29, 0.717) is 11.9 Å². The first-order valence-corrected chi connectivity index (χ1v) is 6.99. The van der Waals surface area contributed by atoms with Gasteiger partial charge in [-0.2, -0.15) is 0 Å². The van der Waals surface area contributed by atoms with Crippen molar-refractivity contribution in [1.29, 1.82) is 0 Å². The zero-order valence-electron chi connectivity index (χ0n) is 12.0. The molecule has 0 heterocycles. The molecular weight excluding hydrogens is 230 g/mol. The third kappa shape index (κ3) is 13.5. The number of nitrogens with zero attached hydrogens (tertiary/aromatic N) is 1. The highest BCUT2D eigenvalue weighted by atomic mass is 32.1. The van der Waals surface area contributed by atoms with Crippen LogP contribution in [0.4, 0.5) is 0 Å². The Hall–Kier alpha value is -0.480. The lowest BCUT2D eigenvalue weighted by Crippen LogP contribution is -2.26. The van der Waals surface area contributed by atoms with Crippen LogP contribution in [0.25, 0.3) is 0 Å². The second kappa shape index (κ2) is 13.6. The van der Waals surface area contributed by atoms with Crippen molar-refractivity contribution in [3.63, 3.8) is 0 Å². The SMILES string of the molecule is CC.CCCNC(C)CC/C(=C/S)N=C(C)N. The number of rotatable bonds is 7. The number of nitrogens with two attached hydrogens (primary N) is 1. The van der Waals surface area contributed by atoms with Crippen molar-refractivity contribution in [2.24, 2.45) is 10.7 Å². The summed E-state index contributed by atoms with van der Waals surface area (Å²) in [6.07, 6.45) is 3.14. The minimum atomic E-state index is 0.515. The summed E-state index contributed by atoms with van der Waals surface area (Å²) in [7, 11) is 0. The molecule has 0 aromatic rings. The van der Waals surface area contributed by atoms with E-state index in [-0.39, 0.29) is 0 Å². The smallest absolute Gasteiger partial charge is 0.0961 e. The monoisotopic (exact) mass is 259 g/mol. The molecule has 0 amide bonds. The molecule has 3 N–H and O–H groups in total. The molecule has 1 unspecified atom stereocenters. The fourth-order valence-electron chi connectivity index (χ4n) is 1.23. The summed E-state index contributed by atoms with van der Waals surface area (Å²) in [5, 5.41) is 5.16. The molecule has 0 saturated carbocycles. The van der Waals surface area contributed by atoms with Gasteiger partial charge in [-0.1, -0.05) is 20.8 Å². The first-order valence-electron chi connectivity index (χ1n) is 6.47. The summed E-state index contributed by atoms with van der Waals surface area (Å²) in [5.74, 6) is 0.587. The Bertz CT molecular complexity index is 221. The van der Waals surface area contributed by atoms with E-state index in [2.05, 4.69) is 36.8 Å². The second-order valence-corrected chi connectivity index (χ2v) is 4.03. The molecule has 0 rings (SSSR count). The molecule has 0 saturated heterocycles. The van der Waals surface area contributed by atoms with Crippen LogP contribution in [-0.4, -0.2) is 18.4 Å². The number of hydrogen-bond acceptors (Lipinski definition) is 3. The number of nitrogens with one attached hydrogen (secondary N) is 1. The Morgan fingerprint density at radius 3 is 2.47 bits per heavy atom. The van der Waals surface area contributed by atoms with Crippen LogP contribution < -0.4 is 11.1 Å². The van der Waals surface area contributed by atoms with Crippen LogP contribution in [0.2, 0.25) is 0 Å². The molecule has 0 aliphatic carbocycles. The molecule has 0 radical (unpaired) electrons. The van der Waals surface area contributed by atoms with Gasteiger partial charge in [-0.25, -0.2) is 4.99 Å². The predicted octanol–water partition coefficient (Wildman–Crippen LogP) is 3.33. The van der Waals surface area contributed by atoms with Crippen molar-refractivity contribution < 1.29 is 0 Å². The van der Waals surface area contributed by atoms with Gasteiger partial charge in [0.1, 0.15) is 0 Å². The molecule has 102 valence electrons. The van der Waals surface area contributed by atoms with Gasteiger partial charge in [0.15, 0.2) is 0 Å². The number of aliphatic imine (C=N–C) groups is 1. The first kappa shape index (κ1) is 18.9. The highest BCUT2D eigenvalue weighted by Gasteiger charge is 2.02. The van der Waals surface area contributed by atoms with Crippen LogP contribution in [0.5, 0.6) is 0 Å². The molecule has 0 spiro atoms. The van der Waals surface area contributed by atoms with Gasteiger partial charge in [-0.3, -0.25) is 0 Å². The van der Waals surface area contributed by atoms with Crippen molar-refractivity contribution in [2.75, 3.05) is 6.54 Å². The summed E-state index contributed by atoms with van der Waals surface area (Å²) in [6.45, 7) is 11.2. The largest absolute Gasteiger partial charge is 0.387 e. The lowest BCUT2D eigenvalue weighted by atomic mass is 10.1. The standard InChI is InChI=1S/C11H23N3S.C2H6/c1-4-7-13-9(2)5-6-11(8-15)14-10(3)12;1-2/h8-9,13,15H,4-7H2,1-3H3,(H2,12,14);1-2H3/b11-8-;. The third-order valence-corrected chi connectivity index (χ3v) is 2.34. The second-order valence-electron chi connectivity index (χ2n) is 3.77. The molecule has 0 bridgehead atoms. The highest BCUT2D eigenvalue weighted by Crippen LogP contribution is 2.10. The molecule has 0 fully saturated rings. The predicted molar refractivity (Wildman–Crippen MR) is 82.7 cm³/mol. The van der Waals surface area contributed by atoms with Gasteiger partial charge in [-0.05, 0) is 45.1 Å². The molecule has 0 aliphatic heterocycles. The van der Waals surface area contributed by atoms with E-state index in [1.54, 1.807) is 12.3 Å². The Morgan fingerprint density at radius 1 is 1.47 bits per heavy atom. The van der Waals surface area contributed by atoms with E-state index in [9.17, 15) is 0 Å². The van der Waals surface area contributed by atoms with Crippen LogP contribution in [0.1, 0.15) is 53.9 Å². The van der Waals surface area contributed by atoms with Crippen LogP contribution >= 0.6 is 12.6 Å². The molecule has 17 heavy (non-hydrogen) atoms. The minimum Gasteiger partial charge on any atom is -0.387 e. The summed E-state index contributed by atoms with van der Waals surface area (Å²) in [6, 6.07) is 0.515. The Kier molecular flexibility index (Phi) is 15.1. The van der Waals surface area contributed by atoms with E-state index in [1.807, 2.05) is 13.8 Å². The number of thiol groups is 1. The van der Waals surface area contributed by atoms with Gasteiger partial charge in [0.05, 0.1) is 5.84 Å². The lowest BCUT2D eigenvalue weighted by Gasteiger charge is -2.12. The van der Waals surface area contributed by atoms with Gasteiger partial charge in [0, 0.05) is 11.7 Å². The summed E-state index contributed by atoms with van der Waals surface area (Å²) >= 11 is 4.12. The quantitative estimate of drug-likeness (QED) is 0.373. The summed E-state index contributed by atoms with van der Waals surface area (Å²) in [4.78, 5) is 4.20. The normalized spacial score (nSPS) is 14.0. The van der Waals surface area contributed by atoms with Crippen molar-refractivity contribution in [3.05, 3.63) is 11.1 Å². The molecule has 0 aromatic carbocycles. The zero-order valence-corrected chi connectivity index (χ0v) is 12.8. The highest BCUT2D eigenvalue weighted by molar-refractivity contribution is 7.83. The van der Waals surface area contributed by atoms with E-state index in [1.165, 1.54) is 6.42 Å². The number of hydrogen-bond donors (Lipinski definition) is 3. The zero-order chi connectivity index (χ0) is 13.7. The van der Waals surface area contributed by atoms with Gasteiger partial charge in [0.25, 0.3) is 0 Å². The average Bonchev–Trinajstić information content (AvgIpc) is 2.33. The van der Waals surface area contributed by atoms with Crippen molar-refractivity contribution in [2.45, 2.75) is 59.9 Å². The van der Waals surface area contributed by atoms with Crippen LogP contribution in [0, 0.1) is 0 Å². The van der Waals surface area contributed by atoms with E-state index in [0.717, 1.165) is 25.1 Å². The minimum absolute atomic E-state index is 0.515. The van der Waals surface area contributed by atoms with Gasteiger partial charge < -0.3 is 11.1 Å². The van der Waals surface area contributed by atoms with Gasteiger partial charge >= 0.3 is 0 Å². The van der Waals surface area contributed by atoms with Gasteiger partial charge in [0.2, 0.25) is 0 Å². The molecule has 4 heteroatoms. The average molecular weight is 259 g/mol. The Balaban J connectivity index is 0. The molecule has 3 nitrogen and oxygen atoms in total. The summed E-state index contributed by atoms with van der Waals surface area (Å²) < 4.78 is 0.